The summed E-state index contributed by atoms with van der Waals surface area (Å²) in [5, 5.41) is 0. The minimum atomic E-state index is 0.121. The molecule has 0 saturated heterocycles. The van der Waals surface area contributed by atoms with Gasteiger partial charge in [-0.15, -0.1) is 0 Å². The molecule has 1 heteroatoms. The first-order valence-corrected chi connectivity index (χ1v) is 12.8. The van der Waals surface area contributed by atoms with Crippen LogP contribution >= 0.6 is 0 Å². The maximum atomic E-state index is 10.6. The van der Waals surface area contributed by atoms with E-state index in [4.69, 9.17) is 0 Å². The van der Waals surface area contributed by atoms with Crippen LogP contribution in [0.3, 0.4) is 0 Å². The Morgan fingerprint density at radius 1 is 0.514 bits per heavy atom. The van der Waals surface area contributed by atoms with Crippen LogP contribution in [-0.4, -0.2) is 5.78 Å². The fraction of sp³-hybridized carbons (Fsp3) is 0.324. The van der Waals surface area contributed by atoms with Crippen LogP contribution in [0.5, 0.6) is 0 Å². The second kappa shape index (κ2) is 25.4. The average Bonchev–Trinajstić information content (AvgIpc) is 2.93. The summed E-state index contributed by atoms with van der Waals surface area (Å²) >= 11 is 0. The van der Waals surface area contributed by atoms with Gasteiger partial charge in [0.2, 0.25) is 0 Å². The van der Waals surface area contributed by atoms with Crippen LogP contribution in [0.15, 0.2) is 114 Å². The molecular formula is C34H50O. The third-order valence-corrected chi connectivity index (χ3v) is 4.45. The lowest BCUT2D eigenvalue weighted by molar-refractivity contribution is 0.101. The summed E-state index contributed by atoms with van der Waals surface area (Å²) in [6, 6.07) is 30.0. The fourth-order valence-electron chi connectivity index (χ4n) is 2.36. The fourth-order valence-corrected chi connectivity index (χ4v) is 2.36. The summed E-state index contributed by atoms with van der Waals surface area (Å²) in [4.78, 5) is 10.6. The van der Waals surface area contributed by atoms with Crippen molar-refractivity contribution in [2.45, 2.75) is 76.2 Å². The molecular weight excluding hydrogens is 424 g/mol. The van der Waals surface area contributed by atoms with E-state index in [0.717, 1.165) is 5.56 Å². The average molecular weight is 475 g/mol. The van der Waals surface area contributed by atoms with E-state index in [1.54, 1.807) is 6.92 Å². The Bertz CT molecular complexity index is 863. The van der Waals surface area contributed by atoms with Gasteiger partial charge in [-0.05, 0) is 45.7 Å². The highest BCUT2D eigenvalue weighted by Gasteiger charge is 1.93. The lowest BCUT2D eigenvalue weighted by Crippen LogP contribution is -1.88. The van der Waals surface area contributed by atoms with Gasteiger partial charge in [0.25, 0.3) is 0 Å². The largest absolute Gasteiger partial charge is 0.295 e. The first kappa shape index (κ1) is 36.4. The van der Waals surface area contributed by atoms with Crippen LogP contribution in [-0.2, 0) is 0 Å². The van der Waals surface area contributed by atoms with Crippen molar-refractivity contribution >= 4 is 5.78 Å². The molecule has 35 heavy (non-hydrogen) atoms. The van der Waals surface area contributed by atoms with Gasteiger partial charge in [0.05, 0.1) is 0 Å². The van der Waals surface area contributed by atoms with E-state index in [-0.39, 0.29) is 5.78 Å². The number of carbonyl (C=O) groups excluding carboxylic acids is 1. The van der Waals surface area contributed by atoms with Crippen LogP contribution in [0.2, 0.25) is 0 Å². The molecule has 0 saturated carbocycles. The number of hydrogen-bond acceptors (Lipinski definition) is 1. The zero-order chi connectivity index (χ0) is 27.6. The monoisotopic (exact) mass is 474 g/mol. The minimum absolute atomic E-state index is 0.121. The zero-order valence-corrected chi connectivity index (χ0v) is 24.3. The summed E-state index contributed by atoms with van der Waals surface area (Å²) in [5.41, 5.74) is 7.18. The second-order valence-electron chi connectivity index (χ2n) is 7.06. The molecule has 0 amide bonds. The predicted octanol–water partition coefficient (Wildman–Crippen LogP) is 11.2. The molecule has 0 aliphatic carbocycles. The molecule has 0 spiro atoms. The van der Waals surface area contributed by atoms with Gasteiger partial charge < -0.3 is 0 Å². The summed E-state index contributed by atoms with van der Waals surface area (Å²) in [7, 11) is 0. The van der Waals surface area contributed by atoms with E-state index < -0.39 is 0 Å². The van der Waals surface area contributed by atoms with Gasteiger partial charge in [0, 0.05) is 5.56 Å². The van der Waals surface area contributed by atoms with Crippen LogP contribution in [0.4, 0.5) is 0 Å². The lowest BCUT2D eigenvalue weighted by atomic mass is 10.1. The van der Waals surface area contributed by atoms with Crippen molar-refractivity contribution < 1.29 is 4.79 Å². The molecule has 0 unspecified atom stereocenters. The van der Waals surface area contributed by atoms with Crippen molar-refractivity contribution in [3.05, 3.63) is 120 Å². The molecule has 0 N–H and O–H groups in total. The van der Waals surface area contributed by atoms with Gasteiger partial charge >= 0.3 is 0 Å². The van der Waals surface area contributed by atoms with Crippen LogP contribution in [0, 0.1) is 0 Å². The van der Waals surface area contributed by atoms with E-state index in [0.29, 0.717) is 0 Å². The van der Waals surface area contributed by atoms with Gasteiger partial charge in [-0.1, -0.05) is 156 Å². The number of rotatable bonds is 3. The number of ketones is 1. The molecule has 0 fully saturated rings. The summed E-state index contributed by atoms with van der Waals surface area (Å²) < 4.78 is 0. The van der Waals surface area contributed by atoms with Crippen molar-refractivity contribution in [2.75, 3.05) is 0 Å². The Hall–Kier alpha value is -3.19. The van der Waals surface area contributed by atoms with Crippen LogP contribution in [0.1, 0.15) is 86.5 Å². The normalized spacial score (nSPS) is 8.09. The molecule has 0 aliphatic rings. The van der Waals surface area contributed by atoms with Gasteiger partial charge in [-0.25, -0.2) is 0 Å². The van der Waals surface area contributed by atoms with E-state index in [9.17, 15) is 4.79 Å². The number of allylic oxidation sites excluding steroid dienone is 3. The topological polar surface area (TPSA) is 17.1 Å². The maximum Gasteiger partial charge on any atom is 0.159 e. The van der Waals surface area contributed by atoms with Crippen molar-refractivity contribution in [1.29, 1.82) is 0 Å². The molecule has 3 aromatic carbocycles. The molecule has 0 aliphatic heterocycles. The number of Topliss-reactive ketones (excluding diaryl/α,β-unsaturated/α-hetero) is 1. The molecule has 3 rings (SSSR count). The maximum absolute atomic E-state index is 10.6. The third kappa shape index (κ3) is 18.9. The standard InChI is InChI=1S/C12H10.C8H8O.C8H14.3C2H6/c1-3-7-11(8-4-1)12-9-5-2-6-10-12;1-7(9)8-5-3-2-4-6-8;1-6(2)8(5)7(3)4;3*1-2/h1-10H;2-6H,1H3;1H2,2-5H3;3*1-2H3. The molecule has 0 radical (unpaired) electrons. The summed E-state index contributed by atoms with van der Waals surface area (Å²) in [5.74, 6) is 0.121. The Morgan fingerprint density at radius 2 is 0.800 bits per heavy atom. The van der Waals surface area contributed by atoms with Crippen molar-refractivity contribution in [1.82, 2.24) is 0 Å². The molecule has 192 valence electrons. The van der Waals surface area contributed by atoms with Gasteiger partial charge in [0.1, 0.15) is 0 Å². The highest BCUT2D eigenvalue weighted by Crippen LogP contribution is 2.17. The molecule has 0 heterocycles. The van der Waals surface area contributed by atoms with Gasteiger partial charge in [-0.3, -0.25) is 4.79 Å². The van der Waals surface area contributed by atoms with Crippen LogP contribution < -0.4 is 0 Å². The smallest absolute Gasteiger partial charge is 0.159 e. The first-order valence-electron chi connectivity index (χ1n) is 12.8. The van der Waals surface area contributed by atoms with Crippen molar-refractivity contribution in [3.63, 3.8) is 0 Å². The number of carbonyl (C=O) groups is 1. The highest BCUT2D eigenvalue weighted by molar-refractivity contribution is 5.93. The number of benzene rings is 3. The second-order valence-corrected chi connectivity index (χ2v) is 7.06. The Morgan fingerprint density at radius 3 is 0.971 bits per heavy atom. The molecule has 3 aromatic rings. The third-order valence-electron chi connectivity index (χ3n) is 4.45. The molecule has 0 aromatic heterocycles. The Kier molecular flexibility index (Phi) is 26.4. The quantitative estimate of drug-likeness (QED) is 0.272. The molecule has 1 nitrogen and oxygen atoms in total. The molecule has 0 atom stereocenters. The zero-order valence-electron chi connectivity index (χ0n) is 24.3. The van der Waals surface area contributed by atoms with Gasteiger partial charge in [0.15, 0.2) is 5.78 Å². The minimum Gasteiger partial charge on any atom is -0.295 e. The van der Waals surface area contributed by atoms with Crippen molar-refractivity contribution in [2.24, 2.45) is 0 Å². The summed E-state index contributed by atoms with van der Waals surface area (Å²) in [6.45, 7) is 25.7. The van der Waals surface area contributed by atoms with E-state index in [1.165, 1.54) is 27.8 Å². The highest BCUT2D eigenvalue weighted by atomic mass is 16.1. The van der Waals surface area contributed by atoms with Crippen molar-refractivity contribution in [3.8, 4) is 11.1 Å². The predicted molar refractivity (Wildman–Crippen MR) is 161 cm³/mol. The SMILES string of the molecule is C=C(C)C(C)=C(C)C.CC.CC.CC.CC(=O)c1ccccc1.c1ccc(-c2ccccc2)cc1. The van der Waals surface area contributed by atoms with Crippen LogP contribution in [0.25, 0.3) is 11.1 Å². The lowest BCUT2D eigenvalue weighted by Gasteiger charge is -1.99. The Labute approximate surface area is 217 Å². The summed E-state index contributed by atoms with van der Waals surface area (Å²) in [6.07, 6.45) is 0. The first-order chi connectivity index (χ1) is 16.8. The molecule has 0 bridgehead atoms. The van der Waals surface area contributed by atoms with E-state index in [2.05, 4.69) is 75.9 Å². The van der Waals surface area contributed by atoms with Gasteiger partial charge in [-0.2, -0.15) is 0 Å². The number of hydrogen-bond donors (Lipinski definition) is 0. The van der Waals surface area contributed by atoms with E-state index >= 15 is 0 Å². The Balaban J connectivity index is -0.000000404. The van der Waals surface area contributed by atoms with E-state index in [1.807, 2.05) is 90.9 Å².